The number of carbonyl (C=O) groups is 1. The van der Waals surface area contributed by atoms with Crippen LogP contribution in [0, 0.1) is 0 Å². The maximum Gasteiger partial charge on any atom is 0.306 e. The molecular weight excluding hydrogens is 204 g/mol. The van der Waals surface area contributed by atoms with Crippen LogP contribution < -0.4 is 4.74 Å². The fourth-order valence-electron chi connectivity index (χ4n) is 1.15. The number of para-hydroxylation sites is 1. The molecule has 0 aliphatic rings. The van der Waals surface area contributed by atoms with Gasteiger partial charge in [-0.15, -0.1) is 0 Å². The van der Waals surface area contributed by atoms with Crippen LogP contribution in [0.4, 0.5) is 0 Å². The van der Waals surface area contributed by atoms with Gasteiger partial charge < -0.3 is 9.47 Å². The molecule has 0 amide bonds. The van der Waals surface area contributed by atoms with E-state index in [1.54, 1.807) is 6.08 Å². The predicted octanol–water partition coefficient (Wildman–Crippen LogP) is 2.57. The predicted molar refractivity (Wildman–Crippen MR) is 62.3 cm³/mol. The zero-order valence-electron chi connectivity index (χ0n) is 9.22. The lowest BCUT2D eigenvalue weighted by molar-refractivity contribution is -0.142. The molecule has 0 radical (unpaired) electrons. The highest BCUT2D eigenvalue weighted by Crippen LogP contribution is 2.08. The van der Waals surface area contributed by atoms with Crippen molar-refractivity contribution in [3.8, 4) is 5.75 Å². The molecule has 0 spiro atoms. The summed E-state index contributed by atoms with van der Waals surface area (Å²) in [5.41, 5.74) is 0. The summed E-state index contributed by atoms with van der Waals surface area (Å²) < 4.78 is 10.3. The van der Waals surface area contributed by atoms with Crippen LogP contribution in [0.15, 0.2) is 43.0 Å². The molecule has 3 nitrogen and oxygen atoms in total. The molecule has 3 heteroatoms. The average molecular weight is 220 g/mol. The van der Waals surface area contributed by atoms with Crippen LogP contribution in [-0.4, -0.2) is 19.2 Å². The Labute approximate surface area is 95.7 Å². The molecule has 86 valence electrons. The summed E-state index contributed by atoms with van der Waals surface area (Å²) in [6.07, 6.45) is 2.59. The summed E-state index contributed by atoms with van der Waals surface area (Å²) in [7, 11) is 0. The number of hydrogen-bond donors (Lipinski definition) is 0. The van der Waals surface area contributed by atoms with Gasteiger partial charge in [0, 0.05) is 6.42 Å². The number of benzene rings is 1. The van der Waals surface area contributed by atoms with Crippen molar-refractivity contribution in [2.45, 2.75) is 12.8 Å². The van der Waals surface area contributed by atoms with Gasteiger partial charge in [0.05, 0.1) is 6.61 Å². The Bertz CT molecular complexity index is 319. The van der Waals surface area contributed by atoms with Gasteiger partial charge in [-0.3, -0.25) is 4.79 Å². The van der Waals surface area contributed by atoms with E-state index in [4.69, 9.17) is 9.47 Å². The molecule has 1 aromatic rings. The quantitative estimate of drug-likeness (QED) is 0.402. The first kappa shape index (κ1) is 12.3. The summed E-state index contributed by atoms with van der Waals surface area (Å²) in [5, 5.41) is 0. The molecular formula is C13H16O3. The monoisotopic (exact) mass is 220 g/mol. The van der Waals surface area contributed by atoms with Gasteiger partial charge in [0.15, 0.2) is 0 Å². The topological polar surface area (TPSA) is 35.5 Å². The molecule has 0 atom stereocenters. The molecule has 1 aromatic carbocycles. The average Bonchev–Trinajstić information content (AvgIpc) is 2.33. The molecule has 0 heterocycles. The van der Waals surface area contributed by atoms with Gasteiger partial charge in [-0.2, -0.15) is 0 Å². The van der Waals surface area contributed by atoms with Gasteiger partial charge >= 0.3 is 5.97 Å². The van der Waals surface area contributed by atoms with Crippen LogP contribution in [0.25, 0.3) is 0 Å². The van der Waals surface area contributed by atoms with Crippen molar-refractivity contribution in [2.75, 3.05) is 13.2 Å². The fourth-order valence-corrected chi connectivity index (χ4v) is 1.15. The summed E-state index contributed by atoms with van der Waals surface area (Å²) in [6.45, 7) is 4.26. The Morgan fingerprint density at radius 1 is 1.31 bits per heavy atom. The van der Waals surface area contributed by atoms with Gasteiger partial charge in [0.1, 0.15) is 12.4 Å². The minimum Gasteiger partial charge on any atom is -0.494 e. The summed E-state index contributed by atoms with van der Waals surface area (Å²) >= 11 is 0. The highest BCUT2D eigenvalue weighted by atomic mass is 16.5. The normalized spacial score (nSPS) is 9.50. The molecule has 0 unspecified atom stereocenters. The Kier molecular flexibility index (Phi) is 5.78. The lowest BCUT2D eigenvalue weighted by atomic mass is 10.3. The minimum absolute atomic E-state index is 0.212. The maximum absolute atomic E-state index is 11.1. The number of hydrogen-bond acceptors (Lipinski definition) is 3. The molecule has 0 aliphatic carbocycles. The first-order valence-electron chi connectivity index (χ1n) is 5.27. The van der Waals surface area contributed by atoms with Crippen LogP contribution >= 0.6 is 0 Å². The molecule has 0 aliphatic heterocycles. The third-order valence-corrected chi connectivity index (χ3v) is 1.90. The van der Waals surface area contributed by atoms with E-state index < -0.39 is 0 Å². The standard InChI is InChI=1S/C13H16O3/c1-2-10-16-13(14)9-6-11-15-12-7-4-3-5-8-12/h2-5,7-8H,1,6,9-11H2. The van der Waals surface area contributed by atoms with Crippen molar-refractivity contribution in [1.82, 2.24) is 0 Å². The summed E-state index contributed by atoms with van der Waals surface area (Å²) in [6, 6.07) is 9.52. The molecule has 0 aromatic heterocycles. The van der Waals surface area contributed by atoms with E-state index in [2.05, 4.69) is 6.58 Å². The number of esters is 1. The van der Waals surface area contributed by atoms with E-state index in [1.807, 2.05) is 30.3 Å². The van der Waals surface area contributed by atoms with Crippen molar-refractivity contribution >= 4 is 5.97 Å². The Balaban J connectivity index is 2.08. The van der Waals surface area contributed by atoms with E-state index in [0.29, 0.717) is 19.4 Å². The van der Waals surface area contributed by atoms with Gasteiger partial charge in [-0.1, -0.05) is 30.9 Å². The Hall–Kier alpha value is -1.77. The van der Waals surface area contributed by atoms with Gasteiger partial charge in [0.25, 0.3) is 0 Å². The second-order valence-corrected chi connectivity index (χ2v) is 3.24. The van der Waals surface area contributed by atoms with Gasteiger partial charge in [-0.05, 0) is 18.6 Å². The fraction of sp³-hybridized carbons (Fsp3) is 0.308. The number of carbonyl (C=O) groups excluding carboxylic acids is 1. The van der Waals surface area contributed by atoms with Crippen molar-refractivity contribution < 1.29 is 14.3 Å². The smallest absolute Gasteiger partial charge is 0.306 e. The third-order valence-electron chi connectivity index (χ3n) is 1.90. The van der Waals surface area contributed by atoms with E-state index in [1.165, 1.54) is 0 Å². The summed E-state index contributed by atoms with van der Waals surface area (Å²) in [5.74, 6) is 0.610. The largest absolute Gasteiger partial charge is 0.494 e. The van der Waals surface area contributed by atoms with Crippen LogP contribution in [0.2, 0.25) is 0 Å². The van der Waals surface area contributed by atoms with Gasteiger partial charge in [0.2, 0.25) is 0 Å². The van der Waals surface area contributed by atoms with Crippen LogP contribution in [0.3, 0.4) is 0 Å². The molecule has 16 heavy (non-hydrogen) atoms. The summed E-state index contributed by atoms with van der Waals surface area (Å²) in [4.78, 5) is 11.1. The molecule has 1 rings (SSSR count). The molecule has 0 saturated heterocycles. The highest BCUT2D eigenvalue weighted by Gasteiger charge is 2.01. The van der Waals surface area contributed by atoms with E-state index in [-0.39, 0.29) is 12.6 Å². The minimum atomic E-state index is -0.212. The molecule has 0 fully saturated rings. The van der Waals surface area contributed by atoms with E-state index in [0.717, 1.165) is 5.75 Å². The molecule has 0 bridgehead atoms. The Morgan fingerprint density at radius 2 is 2.06 bits per heavy atom. The Morgan fingerprint density at radius 3 is 2.75 bits per heavy atom. The van der Waals surface area contributed by atoms with E-state index >= 15 is 0 Å². The van der Waals surface area contributed by atoms with Crippen molar-refractivity contribution in [3.05, 3.63) is 43.0 Å². The lowest BCUT2D eigenvalue weighted by Gasteiger charge is -2.05. The zero-order valence-corrected chi connectivity index (χ0v) is 9.22. The first-order valence-corrected chi connectivity index (χ1v) is 5.27. The van der Waals surface area contributed by atoms with Gasteiger partial charge in [-0.25, -0.2) is 0 Å². The lowest BCUT2D eigenvalue weighted by Crippen LogP contribution is -2.07. The van der Waals surface area contributed by atoms with Crippen LogP contribution in [0.1, 0.15) is 12.8 Å². The third kappa shape index (κ3) is 5.20. The second kappa shape index (κ2) is 7.51. The van der Waals surface area contributed by atoms with Crippen LogP contribution in [0.5, 0.6) is 5.75 Å². The van der Waals surface area contributed by atoms with Crippen molar-refractivity contribution in [2.24, 2.45) is 0 Å². The maximum atomic E-state index is 11.1. The van der Waals surface area contributed by atoms with Crippen molar-refractivity contribution in [3.63, 3.8) is 0 Å². The second-order valence-electron chi connectivity index (χ2n) is 3.24. The molecule has 0 saturated carbocycles. The SMILES string of the molecule is C=CCOC(=O)CCCOc1ccccc1. The zero-order chi connectivity index (χ0) is 11.6. The number of rotatable bonds is 7. The van der Waals surface area contributed by atoms with E-state index in [9.17, 15) is 4.79 Å². The van der Waals surface area contributed by atoms with Crippen molar-refractivity contribution in [1.29, 1.82) is 0 Å². The first-order chi connectivity index (χ1) is 7.83. The molecule has 0 N–H and O–H groups in total. The highest BCUT2D eigenvalue weighted by molar-refractivity contribution is 5.69. The van der Waals surface area contributed by atoms with Crippen LogP contribution in [-0.2, 0) is 9.53 Å². The number of ether oxygens (including phenoxy) is 2.